The minimum atomic E-state index is 0.0632. The molecule has 0 bridgehead atoms. The van der Waals surface area contributed by atoms with Gasteiger partial charge in [0.25, 0.3) is 5.56 Å². The number of aryl methyl sites for hydroxylation is 2. The molecule has 3 rings (SSSR count). The van der Waals surface area contributed by atoms with Crippen molar-refractivity contribution in [2.45, 2.75) is 19.4 Å². The molecule has 0 fully saturated rings. The van der Waals surface area contributed by atoms with Crippen LogP contribution in [0.5, 0.6) is 5.75 Å². The van der Waals surface area contributed by atoms with E-state index in [-0.39, 0.29) is 5.56 Å². The summed E-state index contributed by atoms with van der Waals surface area (Å²) in [5, 5.41) is 1.66. The first-order valence-corrected chi connectivity index (χ1v) is 7.49. The van der Waals surface area contributed by atoms with Gasteiger partial charge in [-0.1, -0.05) is 30.3 Å². The molecule has 112 valence electrons. The van der Waals surface area contributed by atoms with Crippen LogP contribution in [-0.2, 0) is 13.0 Å². The third kappa shape index (κ3) is 3.03. The van der Waals surface area contributed by atoms with E-state index in [0.29, 0.717) is 0 Å². The summed E-state index contributed by atoms with van der Waals surface area (Å²) in [5.41, 5.74) is 1.37. The molecule has 0 amide bonds. The molecule has 0 aliphatic rings. The second-order valence-corrected chi connectivity index (χ2v) is 5.36. The minimum absolute atomic E-state index is 0.0632. The van der Waals surface area contributed by atoms with Gasteiger partial charge >= 0.3 is 0 Å². The second-order valence-electron chi connectivity index (χ2n) is 5.36. The van der Waals surface area contributed by atoms with Crippen LogP contribution in [0.15, 0.2) is 65.6 Å². The molecule has 0 N–H and O–H groups in total. The third-order valence-electron chi connectivity index (χ3n) is 3.89. The van der Waals surface area contributed by atoms with Crippen LogP contribution in [0.1, 0.15) is 12.0 Å². The number of hydrogen-bond acceptors (Lipinski definition) is 2. The van der Waals surface area contributed by atoms with Gasteiger partial charge in [0.05, 0.1) is 7.11 Å². The molecule has 22 heavy (non-hydrogen) atoms. The van der Waals surface area contributed by atoms with E-state index in [1.54, 1.807) is 11.7 Å². The number of fused-ring (bicyclic) bond motifs is 1. The molecule has 3 aromatic rings. The number of pyridine rings is 1. The average Bonchev–Trinajstić information content (AvgIpc) is 2.57. The number of ether oxygens (including phenoxy) is 1. The van der Waals surface area contributed by atoms with E-state index in [0.717, 1.165) is 35.9 Å². The highest BCUT2D eigenvalue weighted by Gasteiger charge is 2.04. The van der Waals surface area contributed by atoms with Gasteiger partial charge in [0.15, 0.2) is 0 Å². The Kier molecular flexibility index (Phi) is 4.24. The van der Waals surface area contributed by atoms with E-state index in [1.165, 1.54) is 5.56 Å². The first kappa shape index (κ1) is 14.4. The van der Waals surface area contributed by atoms with Crippen LogP contribution < -0.4 is 10.3 Å². The Morgan fingerprint density at radius 1 is 1.05 bits per heavy atom. The van der Waals surface area contributed by atoms with Crippen molar-refractivity contribution < 1.29 is 4.74 Å². The van der Waals surface area contributed by atoms with Crippen molar-refractivity contribution in [1.29, 1.82) is 0 Å². The Labute approximate surface area is 129 Å². The molecule has 0 aliphatic carbocycles. The normalized spacial score (nSPS) is 10.8. The summed E-state index contributed by atoms with van der Waals surface area (Å²) in [6.45, 7) is 0.732. The van der Waals surface area contributed by atoms with Gasteiger partial charge < -0.3 is 9.30 Å². The topological polar surface area (TPSA) is 31.2 Å². The SMILES string of the molecule is COc1ccc2c(=O)n(CCCc3ccccc3)ccc2c1. The molecule has 0 saturated carbocycles. The minimum Gasteiger partial charge on any atom is -0.497 e. The van der Waals surface area contributed by atoms with Crippen LogP contribution >= 0.6 is 0 Å². The number of hydrogen-bond donors (Lipinski definition) is 0. The summed E-state index contributed by atoms with van der Waals surface area (Å²) >= 11 is 0. The average molecular weight is 293 g/mol. The van der Waals surface area contributed by atoms with Crippen LogP contribution in [0.25, 0.3) is 10.8 Å². The lowest BCUT2D eigenvalue weighted by Gasteiger charge is -2.08. The smallest absolute Gasteiger partial charge is 0.258 e. The molecule has 0 spiro atoms. The second kappa shape index (κ2) is 6.48. The molecule has 0 unspecified atom stereocenters. The van der Waals surface area contributed by atoms with E-state index in [1.807, 2.05) is 48.7 Å². The largest absolute Gasteiger partial charge is 0.497 e. The van der Waals surface area contributed by atoms with Crippen molar-refractivity contribution >= 4 is 10.8 Å². The number of aromatic nitrogens is 1. The monoisotopic (exact) mass is 293 g/mol. The highest BCUT2D eigenvalue weighted by Crippen LogP contribution is 2.17. The van der Waals surface area contributed by atoms with Crippen molar-refractivity contribution in [3.63, 3.8) is 0 Å². The Hall–Kier alpha value is -2.55. The molecule has 0 aliphatic heterocycles. The summed E-state index contributed by atoms with van der Waals surface area (Å²) in [4.78, 5) is 12.5. The molecule has 0 atom stereocenters. The fourth-order valence-electron chi connectivity index (χ4n) is 2.67. The van der Waals surface area contributed by atoms with Crippen molar-refractivity contribution in [2.75, 3.05) is 7.11 Å². The molecule has 1 heterocycles. The lowest BCUT2D eigenvalue weighted by Crippen LogP contribution is -2.19. The number of nitrogens with zero attached hydrogens (tertiary/aromatic N) is 1. The summed E-state index contributed by atoms with van der Waals surface area (Å²) < 4.78 is 6.99. The summed E-state index contributed by atoms with van der Waals surface area (Å²) in [7, 11) is 1.63. The first-order chi connectivity index (χ1) is 10.8. The molecule has 3 heteroatoms. The van der Waals surface area contributed by atoms with Gasteiger partial charge in [-0.05, 0) is 48.1 Å². The zero-order valence-corrected chi connectivity index (χ0v) is 12.7. The number of methoxy groups -OCH3 is 1. The van der Waals surface area contributed by atoms with Gasteiger partial charge in [0, 0.05) is 18.1 Å². The third-order valence-corrected chi connectivity index (χ3v) is 3.89. The zero-order valence-electron chi connectivity index (χ0n) is 12.7. The van der Waals surface area contributed by atoms with Crippen LogP contribution in [0.2, 0.25) is 0 Å². The maximum atomic E-state index is 12.5. The van der Waals surface area contributed by atoms with Gasteiger partial charge in [-0.2, -0.15) is 0 Å². The molecular weight excluding hydrogens is 274 g/mol. The highest BCUT2D eigenvalue weighted by atomic mass is 16.5. The maximum Gasteiger partial charge on any atom is 0.258 e. The Morgan fingerprint density at radius 3 is 2.64 bits per heavy atom. The number of rotatable bonds is 5. The fourth-order valence-corrected chi connectivity index (χ4v) is 2.67. The maximum absolute atomic E-state index is 12.5. The van der Waals surface area contributed by atoms with Gasteiger partial charge in [0.2, 0.25) is 0 Å². The standard InChI is InChI=1S/C19H19NO2/c1-22-17-9-10-18-16(14-17)11-13-20(19(18)21)12-5-8-15-6-3-2-4-7-15/h2-4,6-7,9-11,13-14H,5,8,12H2,1H3. The Morgan fingerprint density at radius 2 is 1.86 bits per heavy atom. The number of benzene rings is 2. The lowest BCUT2D eigenvalue weighted by molar-refractivity contribution is 0.415. The predicted octanol–water partition coefficient (Wildman–Crippen LogP) is 3.64. The van der Waals surface area contributed by atoms with Gasteiger partial charge in [-0.3, -0.25) is 4.79 Å². The van der Waals surface area contributed by atoms with Crippen molar-refractivity contribution in [1.82, 2.24) is 4.57 Å². The lowest BCUT2D eigenvalue weighted by atomic mass is 10.1. The van der Waals surface area contributed by atoms with E-state index in [2.05, 4.69) is 12.1 Å². The molecule has 0 saturated heterocycles. The summed E-state index contributed by atoms with van der Waals surface area (Å²) in [5.74, 6) is 0.772. The van der Waals surface area contributed by atoms with Crippen LogP contribution in [0.4, 0.5) is 0 Å². The fraction of sp³-hybridized carbons (Fsp3) is 0.211. The molecule has 3 nitrogen and oxygen atoms in total. The van der Waals surface area contributed by atoms with E-state index in [4.69, 9.17) is 4.74 Å². The van der Waals surface area contributed by atoms with Gasteiger partial charge in [-0.15, -0.1) is 0 Å². The van der Waals surface area contributed by atoms with Gasteiger partial charge in [0.1, 0.15) is 5.75 Å². The summed E-state index contributed by atoms with van der Waals surface area (Å²) in [6.07, 6.45) is 3.80. The van der Waals surface area contributed by atoms with Crippen molar-refractivity contribution in [3.8, 4) is 5.75 Å². The van der Waals surface area contributed by atoms with Crippen molar-refractivity contribution in [3.05, 3.63) is 76.7 Å². The van der Waals surface area contributed by atoms with E-state index in [9.17, 15) is 4.79 Å². The van der Waals surface area contributed by atoms with Crippen molar-refractivity contribution in [2.24, 2.45) is 0 Å². The molecule has 1 aromatic heterocycles. The van der Waals surface area contributed by atoms with E-state index < -0.39 is 0 Å². The summed E-state index contributed by atoms with van der Waals surface area (Å²) in [6, 6.07) is 17.9. The quantitative estimate of drug-likeness (QED) is 0.719. The van der Waals surface area contributed by atoms with Crippen LogP contribution in [-0.4, -0.2) is 11.7 Å². The molecule has 0 radical (unpaired) electrons. The Balaban J connectivity index is 1.77. The first-order valence-electron chi connectivity index (χ1n) is 7.49. The Bertz CT molecular complexity index is 822. The predicted molar refractivity (Wildman–Crippen MR) is 89.5 cm³/mol. The van der Waals surface area contributed by atoms with E-state index >= 15 is 0 Å². The zero-order chi connectivity index (χ0) is 15.4. The van der Waals surface area contributed by atoms with Gasteiger partial charge in [-0.25, -0.2) is 0 Å². The van der Waals surface area contributed by atoms with Crippen LogP contribution in [0.3, 0.4) is 0 Å². The molecular formula is C19H19NO2. The highest BCUT2D eigenvalue weighted by molar-refractivity contribution is 5.82. The molecule has 2 aromatic carbocycles. The van der Waals surface area contributed by atoms with Crippen LogP contribution in [0, 0.1) is 0 Å².